The van der Waals surface area contributed by atoms with Crippen molar-refractivity contribution in [2.75, 3.05) is 50.1 Å². The summed E-state index contributed by atoms with van der Waals surface area (Å²) in [4.78, 5) is 25.6. The maximum atomic E-state index is 12.3. The summed E-state index contributed by atoms with van der Waals surface area (Å²) in [5, 5.41) is 12.8. The van der Waals surface area contributed by atoms with Crippen LogP contribution in [0.5, 0.6) is 0 Å². The SMILES string of the molecule is CCN1CCN(c2nc(C#N)c(C(=O)OC)c(Nc3cccc(C)c3)n2)CC1. The minimum Gasteiger partial charge on any atom is -0.465 e. The fourth-order valence-corrected chi connectivity index (χ4v) is 3.18. The van der Waals surface area contributed by atoms with Crippen LogP contribution in [0.25, 0.3) is 0 Å². The molecule has 1 aliphatic heterocycles. The molecule has 0 radical (unpaired) electrons. The van der Waals surface area contributed by atoms with Gasteiger partial charge in [-0.25, -0.2) is 9.78 Å². The molecule has 8 heteroatoms. The molecule has 1 saturated heterocycles. The van der Waals surface area contributed by atoms with Crippen LogP contribution in [-0.4, -0.2) is 60.7 Å². The van der Waals surface area contributed by atoms with Crippen molar-refractivity contribution in [2.24, 2.45) is 0 Å². The lowest BCUT2D eigenvalue weighted by Gasteiger charge is -2.34. The summed E-state index contributed by atoms with van der Waals surface area (Å²) in [7, 11) is 1.28. The van der Waals surface area contributed by atoms with Crippen molar-refractivity contribution >= 4 is 23.4 Å². The number of aryl methyl sites for hydroxylation is 1. The van der Waals surface area contributed by atoms with Crippen LogP contribution in [0.2, 0.25) is 0 Å². The largest absolute Gasteiger partial charge is 0.465 e. The fourth-order valence-electron chi connectivity index (χ4n) is 3.18. The van der Waals surface area contributed by atoms with Crippen LogP contribution in [0.15, 0.2) is 24.3 Å². The summed E-state index contributed by atoms with van der Waals surface area (Å²) in [6.07, 6.45) is 0. The summed E-state index contributed by atoms with van der Waals surface area (Å²) in [5.74, 6) is 0.0704. The van der Waals surface area contributed by atoms with Crippen LogP contribution in [0.4, 0.5) is 17.5 Å². The number of ether oxygens (including phenoxy) is 1. The number of hydrogen-bond acceptors (Lipinski definition) is 8. The number of rotatable bonds is 5. The number of nitriles is 1. The molecule has 0 spiro atoms. The minimum atomic E-state index is -0.644. The highest BCUT2D eigenvalue weighted by molar-refractivity contribution is 5.97. The molecule has 2 heterocycles. The molecule has 3 rings (SSSR count). The van der Waals surface area contributed by atoms with E-state index >= 15 is 0 Å². The second-order valence-corrected chi connectivity index (χ2v) is 6.61. The van der Waals surface area contributed by atoms with Gasteiger partial charge in [0.25, 0.3) is 0 Å². The van der Waals surface area contributed by atoms with Crippen LogP contribution >= 0.6 is 0 Å². The second kappa shape index (κ2) is 8.67. The van der Waals surface area contributed by atoms with E-state index in [1.807, 2.05) is 42.2 Å². The highest BCUT2D eigenvalue weighted by atomic mass is 16.5. The van der Waals surface area contributed by atoms with Crippen molar-refractivity contribution in [2.45, 2.75) is 13.8 Å². The van der Waals surface area contributed by atoms with E-state index < -0.39 is 5.97 Å². The first-order chi connectivity index (χ1) is 13.5. The van der Waals surface area contributed by atoms with E-state index in [4.69, 9.17) is 4.74 Å². The normalized spacial score (nSPS) is 14.4. The third-order valence-electron chi connectivity index (χ3n) is 4.78. The Morgan fingerprint density at radius 1 is 1.29 bits per heavy atom. The Hall–Kier alpha value is -3.18. The van der Waals surface area contributed by atoms with Crippen molar-refractivity contribution in [3.63, 3.8) is 0 Å². The molecule has 0 atom stereocenters. The summed E-state index contributed by atoms with van der Waals surface area (Å²) in [6, 6.07) is 9.72. The smallest absolute Gasteiger partial charge is 0.344 e. The highest BCUT2D eigenvalue weighted by Gasteiger charge is 2.25. The molecule has 0 unspecified atom stereocenters. The molecule has 2 aromatic rings. The van der Waals surface area contributed by atoms with Crippen LogP contribution in [0.1, 0.15) is 28.5 Å². The van der Waals surface area contributed by atoms with Gasteiger partial charge in [0, 0.05) is 31.9 Å². The summed E-state index contributed by atoms with van der Waals surface area (Å²) in [6.45, 7) is 8.45. The topological polar surface area (TPSA) is 94.4 Å². The lowest BCUT2D eigenvalue weighted by atomic mass is 10.2. The number of carbonyl (C=O) groups is 1. The van der Waals surface area contributed by atoms with Gasteiger partial charge >= 0.3 is 5.97 Å². The Bertz CT molecular complexity index is 900. The Morgan fingerprint density at radius 2 is 2.04 bits per heavy atom. The van der Waals surface area contributed by atoms with E-state index in [9.17, 15) is 10.1 Å². The number of carbonyl (C=O) groups excluding carboxylic acids is 1. The zero-order valence-corrected chi connectivity index (χ0v) is 16.4. The van der Waals surface area contributed by atoms with Gasteiger partial charge in [-0.05, 0) is 31.2 Å². The van der Waals surface area contributed by atoms with Crippen molar-refractivity contribution in [1.82, 2.24) is 14.9 Å². The standard InChI is InChI=1S/C20H24N6O2/c1-4-25-8-10-26(11-9-25)20-23-16(13-21)17(19(27)28-3)18(24-20)22-15-7-5-6-14(2)12-15/h5-7,12H,4,8-11H2,1-3H3,(H,22,23,24). The zero-order valence-electron chi connectivity index (χ0n) is 16.4. The van der Waals surface area contributed by atoms with E-state index in [0.29, 0.717) is 5.95 Å². The van der Waals surface area contributed by atoms with E-state index in [1.54, 1.807) is 0 Å². The molecule has 1 aromatic heterocycles. The van der Waals surface area contributed by atoms with Gasteiger partial charge in [0.15, 0.2) is 11.5 Å². The summed E-state index contributed by atoms with van der Waals surface area (Å²) < 4.78 is 4.86. The van der Waals surface area contributed by atoms with Gasteiger partial charge < -0.3 is 19.9 Å². The van der Waals surface area contributed by atoms with E-state index in [-0.39, 0.29) is 17.1 Å². The molecule has 0 saturated carbocycles. The first kappa shape index (κ1) is 19.6. The molecular weight excluding hydrogens is 356 g/mol. The molecule has 1 aromatic carbocycles. The van der Waals surface area contributed by atoms with Gasteiger partial charge in [-0.3, -0.25) is 0 Å². The number of benzene rings is 1. The van der Waals surface area contributed by atoms with Gasteiger partial charge in [-0.1, -0.05) is 19.1 Å². The summed E-state index contributed by atoms with van der Waals surface area (Å²) >= 11 is 0. The number of piperazine rings is 1. The lowest BCUT2D eigenvalue weighted by molar-refractivity contribution is 0.0600. The number of methoxy groups -OCH3 is 1. The lowest BCUT2D eigenvalue weighted by Crippen LogP contribution is -2.46. The van der Waals surface area contributed by atoms with Crippen molar-refractivity contribution in [3.05, 3.63) is 41.1 Å². The average Bonchev–Trinajstić information content (AvgIpc) is 2.72. The van der Waals surface area contributed by atoms with Gasteiger partial charge in [0.05, 0.1) is 7.11 Å². The fraction of sp³-hybridized carbons (Fsp3) is 0.400. The Balaban J connectivity index is 2.01. The maximum Gasteiger partial charge on any atom is 0.344 e. The zero-order chi connectivity index (χ0) is 20.1. The maximum absolute atomic E-state index is 12.3. The first-order valence-electron chi connectivity index (χ1n) is 9.27. The molecular formula is C20H24N6O2. The number of aromatic nitrogens is 2. The number of esters is 1. The number of anilines is 3. The van der Waals surface area contributed by atoms with E-state index in [2.05, 4.69) is 27.1 Å². The van der Waals surface area contributed by atoms with Crippen LogP contribution in [0.3, 0.4) is 0 Å². The Kier molecular flexibility index (Phi) is 6.06. The third-order valence-corrected chi connectivity index (χ3v) is 4.78. The van der Waals surface area contributed by atoms with Crippen molar-refractivity contribution < 1.29 is 9.53 Å². The van der Waals surface area contributed by atoms with E-state index in [0.717, 1.165) is 44.0 Å². The molecule has 1 aliphatic rings. The number of likely N-dealkylation sites (N-methyl/N-ethyl adjacent to an activating group) is 1. The average molecular weight is 380 g/mol. The van der Waals surface area contributed by atoms with Gasteiger partial charge in [-0.2, -0.15) is 10.2 Å². The number of nitrogens with one attached hydrogen (secondary N) is 1. The van der Waals surface area contributed by atoms with Gasteiger partial charge in [0.2, 0.25) is 5.95 Å². The first-order valence-corrected chi connectivity index (χ1v) is 9.27. The van der Waals surface area contributed by atoms with Gasteiger partial charge in [-0.15, -0.1) is 0 Å². The Labute approximate surface area is 164 Å². The highest BCUT2D eigenvalue weighted by Crippen LogP contribution is 2.25. The van der Waals surface area contributed by atoms with Crippen LogP contribution in [-0.2, 0) is 4.74 Å². The molecule has 8 nitrogen and oxygen atoms in total. The molecule has 0 amide bonds. The third kappa shape index (κ3) is 4.21. The molecule has 146 valence electrons. The quantitative estimate of drug-likeness (QED) is 0.790. The monoisotopic (exact) mass is 380 g/mol. The number of nitrogens with zero attached hydrogens (tertiary/aromatic N) is 5. The van der Waals surface area contributed by atoms with Crippen molar-refractivity contribution in [3.8, 4) is 6.07 Å². The van der Waals surface area contributed by atoms with Crippen molar-refractivity contribution in [1.29, 1.82) is 5.26 Å². The second-order valence-electron chi connectivity index (χ2n) is 6.61. The molecule has 0 bridgehead atoms. The Morgan fingerprint density at radius 3 is 2.64 bits per heavy atom. The predicted octanol–water partition coefficient (Wildman–Crippen LogP) is 2.33. The molecule has 1 N–H and O–H groups in total. The van der Waals surface area contributed by atoms with Gasteiger partial charge in [0.1, 0.15) is 11.6 Å². The van der Waals surface area contributed by atoms with E-state index in [1.165, 1.54) is 7.11 Å². The molecule has 0 aliphatic carbocycles. The molecule has 1 fully saturated rings. The molecule has 28 heavy (non-hydrogen) atoms. The van der Waals surface area contributed by atoms with Crippen LogP contribution < -0.4 is 10.2 Å². The predicted molar refractivity (Wildman–Crippen MR) is 107 cm³/mol. The minimum absolute atomic E-state index is 0.00456. The summed E-state index contributed by atoms with van der Waals surface area (Å²) in [5.41, 5.74) is 1.89. The number of hydrogen-bond donors (Lipinski definition) is 1. The van der Waals surface area contributed by atoms with Crippen LogP contribution in [0, 0.1) is 18.3 Å².